The summed E-state index contributed by atoms with van der Waals surface area (Å²) >= 11 is 0. The summed E-state index contributed by atoms with van der Waals surface area (Å²) in [6, 6.07) is 16.6. The van der Waals surface area contributed by atoms with Gasteiger partial charge in [0.2, 0.25) is 10.0 Å². The SMILES string of the molecule is COc1ccc(CN(Cc2ccc(-n3nc(CC#N)c4cnc(-c5cnn6cccnc56)cc43)c(OC)c2)S(C)(=O)=O)c(OC)c1. The van der Waals surface area contributed by atoms with Crippen LogP contribution in [0.15, 0.2) is 73.3 Å². The van der Waals surface area contributed by atoms with Crippen molar-refractivity contribution in [3.63, 3.8) is 0 Å². The molecule has 0 N–H and O–H groups in total. The fourth-order valence-electron chi connectivity index (χ4n) is 5.28. The van der Waals surface area contributed by atoms with E-state index in [9.17, 15) is 13.7 Å². The zero-order valence-corrected chi connectivity index (χ0v) is 26.4. The van der Waals surface area contributed by atoms with E-state index in [1.807, 2.05) is 24.4 Å². The Labute approximate surface area is 265 Å². The van der Waals surface area contributed by atoms with Crippen LogP contribution in [-0.2, 0) is 29.5 Å². The van der Waals surface area contributed by atoms with Crippen molar-refractivity contribution in [2.45, 2.75) is 19.5 Å². The van der Waals surface area contributed by atoms with Crippen LogP contribution in [0.4, 0.5) is 0 Å². The number of nitriles is 1. The summed E-state index contributed by atoms with van der Waals surface area (Å²) in [5.74, 6) is 1.60. The number of sulfonamides is 1. The molecular formula is C32H30N8O5S. The van der Waals surface area contributed by atoms with Crippen molar-refractivity contribution >= 4 is 26.6 Å². The minimum atomic E-state index is -3.62. The predicted molar refractivity (Wildman–Crippen MR) is 170 cm³/mol. The second kappa shape index (κ2) is 12.5. The summed E-state index contributed by atoms with van der Waals surface area (Å²) in [6.07, 6.45) is 8.17. The minimum absolute atomic E-state index is 0.0833. The molecule has 4 aromatic heterocycles. The Morgan fingerprint density at radius 3 is 2.52 bits per heavy atom. The molecule has 0 aliphatic carbocycles. The maximum Gasteiger partial charge on any atom is 0.211 e. The Kier molecular flexibility index (Phi) is 8.27. The molecule has 0 atom stereocenters. The lowest BCUT2D eigenvalue weighted by molar-refractivity contribution is 0.370. The second-order valence-corrected chi connectivity index (χ2v) is 12.4. The van der Waals surface area contributed by atoms with E-state index in [-0.39, 0.29) is 19.5 Å². The topological polar surface area (TPSA) is 150 Å². The minimum Gasteiger partial charge on any atom is -0.497 e. The maximum absolute atomic E-state index is 12.9. The Bertz CT molecular complexity index is 2220. The predicted octanol–water partition coefficient (Wildman–Crippen LogP) is 4.18. The van der Waals surface area contributed by atoms with Crippen molar-refractivity contribution in [1.82, 2.24) is 33.7 Å². The van der Waals surface area contributed by atoms with Crippen molar-refractivity contribution in [1.29, 1.82) is 5.26 Å². The quantitative estimate of drug-likeness (QED) is 0.202. The van der Waals surface area contributed by atoms with E-state index in [1.165, 1.54) is 17.7 Å². The van der Waals surface area contributed by atoms with Gasteiger partial charge in [-0.2, -0.15) is 19.8 Å². The van der Waals surface area contributed by atoms with E-state index < -0.39 is 10.0 Å². The van der Waals surface area contributed by atoms with Gasteiger partial charge in [-0.25, -0.2) is 22.6 Å². The number of hydrogen-bond acceptors (Lipinski definition) is 10. The van der Waals surface area contributed by atoms with Crippen LogP contribution in [-0.4, -0.2) is 69.7 Å². The maximum atomic E-state index is 12.9. The van der Waals surface area contributed by atoms with Crippen molar-refractivity contribution in [3.8, 4) is 40.3 Å². The van der Waals surface area contributed by atoms with Crippen LogP contribution < -0.4 is 14.2 Å². The number of methoxy groups -OCH3 is 3. The third kappa shape index (κ3) is 5.81. The van der Waals surface area contributed by atoms with E-state index in [1.54, 1.807) is 72.3 Å². The summed E-state index contributed by atoms with van der Waals surface area (Å²) in [5, 5.41) is 19.4. The first-order valence-corrected chi connectivity index (χ1v) is 16.0. The van der Waals surface area contributed by atoms with Gasteiger partial charge in [0, 0.05) is 48.7 Å². The molecule has 2 aromatic carbocycles. The van der Waals surface area contributed by atoms with Gasteiger partial charge in [0.25, 0.3) is 0 Å². The van der Waals surface area contributed by atoms with Gasteiger partial charge >= 0.3 is 0 Å². The van der Waals surface area contributed by atoms with Crippen LogP contribution in [0.2, 0.25) is 0 Å². The second-order valence-electron chi connectivity index (χ2n) is 10.4. The molecule has 14 heteroatoms. The number of aromatic nitrogens is 6. The Morgan fingerprint density at radius 1 is 0.957 bits per heavy atom. The van der Waals surface area contributed by atoms with Crippen LogP contribution in [0.3, 0.4) is 0 Å². The number of ether oxygens (including phenoxy) is 3. The van der Waals surface area contributed by atoms with Gasteiger partial charge in [-0.3, -0.25) is 4.98 Å². The monoisotopic (exact) mass is 638 g/mol. The number of hydrogen-bond donors (Lipinski definition) is 0. The number of rotatable bonds is 11. The van der Waals surface area contributed by atoms with Gasteiger partial charge in [-0.15, -0.1) is 0 Å². The lowest BCUT2D eigenvalue weighted by Crippen LogP contribution is -2.29. The first-order valence-electron chi connectivity index (χ1n) is 14.1. The molecule has 0 saturated heterocycles. The Morgan fingerprint density at radius 2 is 1.78 bits per heavy atom. The van der Waals surface area contributed by atoms with Gasteiger partial charge < -0.3 is 14.2 Å². The van der Waals surface area contributed by atoms with Gasteiger partial charge in [-0.1, -0.05) is 12.1 Å². The van der Waals surface area contributed by atoms with E-state index in [0.717, 1.165) is 10.9 Å². The van der Waals surface area contributed by atoms with Crippen LogP contribution in [0.5, 0.6) is 17.2 Å². The van der Waals surface area contributed by atoms with Crippen molar-refractivity contribution < 1.29 is 22.6 Å². The zero-order valence-electron chi connectivity index (χ0n) is 25.6. The van der Waals surface area contributed by atoms with Crippen molar-refractivity contribution in [2.75, 3.05) is 27.6 Å². The normalized spacial score (nSPS) is 11.7. The first kappa shape index (κ1) is 30.5. The summed E-state index contributed by atoms with van der Waals surface area (Å²) in [4.78, 5) is 9.10. The number of nitrogens with zero attached hydrogens (tertiary/aromatic N) is 8. The zero-order chi connectivity index (χ0) is 32.4. The largest absolute Gasteiger partial charge is 0.497 e. The standard InChI is InChI=1S/C32H30N8O5S/c1-43-23-8-7-22(30(15-23)44-2)20-38(46(4,41)42)19-21-6-9-28(31(14-21)45-3)40-29-16-27(35-17-24(29)26(37-40)10-11-33)25-18-36-39-13-5-12-34-32(25)39/h5-9,12-18H,10,19-20H2,1-4H3. The van der Waals surface area contributed by atoms with Gasteiger partial charge in [-0.05, 0) is 35.9 Å². The highest BCUT2D eigenvalue weighted by molar-refractivity contribution is 7.88. The average molecular weight is 639 g/mol. The van der Waals surface area contributed by atoms with Gasteiger partial charge in [0.05, 0.1) is 68.7 Å². The molecule has 13 nitrogen and oxygen atoms in total. The smallest absolute Gasteiger partial charge is 0.211 e. The van der Waals surface area contributed by atoms with Gasteiger partial charge in [0.15, 0.2) is 5.65 Å². The molecular weight excluding hydrogens is 608 g/mol. The lowest BCUT2D eigenvalue weighted by atomic mass is 10.1. The van der Waals surface area contributed by atoms with Crippen LogP contribution in [0, 0.1) is 11.3 Å². The van der Waals surface area contributed by atoms with Crippen molar-refractivity contribution in [3.05, 3.63) is 90.1 Å². The highest BCUT2D eigenvalue weighted by Crippen LogP contribution is 2.33. The Hall–Kier alpha value is -5.52. The van der Waals surface area contributed by atoms with E-state index in [4.69, 9.17) is 19.3 Å². The molecule has 234 valence electrons. The summed E-state index contributed by atoms with van der Waals surface area (Å²) in [5.41, 5.74) is 5.31. The number of benzene rings is 2. The third-order valence-electron chi connectivity index (χ3n) is 7.58. The molecule has 0 unspecified atom stereocenters. The molecule has 0 radical (unpaired) electrons. The van der Waals surface area contributed by atoms with Crippen LogP contribution in [0.25, 0.3) is 33.5 Å². The molecule has 0 fully saturated rings. The van der Waals surface area contributed by atoms with E-state index >= 15 is 0 Å². The molecule has 0 aliphatic rings. The Balaban J connectivity index is 1.39. The summed E-state index contributed by atoms with van der Waals surface area (Å²) in [6.45, 7) is 0.172. The number of pyridine rings is 1. The molecule has 6 aromatic rings. The molecule has 0 amide bonds. The summed E-state index contributed by atoms with van der Waals surface area (Å²) in [7, 11) is 1.01. The molecule has 46 heavy (non-hydrogen) atoms. The fraction of sp³-hybridized carbons (Fsp3) is 0.219. The van der Waals surface area contributed by atoms with E-state index in [0.29, 0.717) is 56.6 Å². The molecule has 6 rings (SSSR count). The lowest BCUT2D eigenvalue weighted by Gasteiger charge is -2.22. The van der Waals surface area contributed by atoms with Crippen LogP contribution >= 0.6 is 0 Å². The average Bonchev–Trinajstić information content (AvgIpc) is 3.65. The number of fused-ring (bicyclic) bond motifs is 2. The highest BCUT2D eigenvalue weighted by atomic mass is 32.2. The molecule has 0 bridgehead atoms. The molecule has 0 saturated carbocycles. The molecule has 0 aliphatic heterocycles. The molecule has 0 spiro atoms. The fourth-order valence-corrected chi connectivity index (χ4v) is 6.03. The third-order valence-corrected chi connectivity index (χ3v) is 8.78. The van der Waals surface area contributed by atoms with Crippen LogP contribution in [0.1, 0.15) is 16.8 Å². The summed E-state index contributed by atoms with van der Waals surface area (Å²) < 4.78 is 47.1. The van der Waals surface area contributed by atoms with E-state index in [2.05, 4.69) is 21.1 Å². The highest BCUT2D eigenvalue weighted by Gasteiger charge is 2.22. The molecule has 4 heterocycles. The first-order chi connectivity index (χ1) is 22.2. The van der Waals surface area contributed by atoms with Gasteiger partial charge in [0.1, 0.15) is 22.9 Å². The van der Waals surface area contributed by atoms with Crippen molar-refractivity contribution in [2.24, 2.45) is 0 Å².